The van der Waals surface area contributed by atoms with Crippen molar-refractivity contribution in [3.8, 4) is 11.5 Å². The summed E-state index contributed by atoms with van der Waals surface area (Å²) in [4.78, 5) is 0. The van der Waals surface area contributed by atoms with E-state index in [4.69, 9.17) is 9.47 Å². The Bertz CT molecular complexity index is 465. The molecule has 1 atom stereocenters. The molecule has 0 spiro atoms. The minimum absolute atomic E-state index is 0.232. The molecule has 0 saturated carbocycles. The number of rotatable bonds is 5. The molecule has 0 amide bonds. The van der Waals surface area contributed by atoms with Gasteiger partial charge in [-0.2, -0.15) is 0 Å². The molecule has 3 heteroatoms. The number of hydrogen-bond donors (Lipinski definition) is 1. The van der Waals surface area contributed by atoms with Gasteiger partial charge < -0.3 is 14.6 Å². The zero-order chi connectivity index (χ0) is 12.8. The summed E-state index contributed by atoms with van der Waals surface area (Å²) in [6.07, 6.45) is -0.617. The van der Waals surface area contributed by atoms with E-state index in [1.807, 2.05) is 54.6 Å². The predicted molar refractivity (Wildman–Crippen MR) is 69.9 cm³/mol. The quantitative estimate of drug-likeness (QED) is 0.879. The SMILES string of the molecule is COc1ccc(OCC(O)c2ccccc2)cc1. The third-order valence-electron chi connectivity index (χ3n) is 2.65. The van der Waals surface area contributed by atoms with Gasteiger partial charge in [-0.15, -0.1) is 0 Å². The van der Waals surface area contributed by atoms with Crippen molar-refractivity contribution in [2.75, 3.05) is 13.7 Å². The number of aliphatic hydroxyl groups excluding tert-OH is 1. The summed E-state index contributed by atoms with van der Waals surface area (Å²) in [5, 5.41) is 9.93. The van der Waals surface area contributed by atoms with Crippen LogP contribution >= 0.6 is 0 Å². The first kappa shape index (κ1) is 12.5. The van der Waals surface area contributed by atoms with Gasteiger partial charge in [0.15, 0.2) is 0 Å². The van der Waals surface area contributed by atoms with Gasteiger partial charge in [0.25, 0.3) is 0 Å². The van der Waals surface area contributed by atoms with Crippen molar-refractivity contribution in [1.29, 1.82) is 0 Å². The van der Waals surface area contributed by atoms with Gasteiger partial charge in [0.1, 0.15) is 24.2 Å². The highest BCUT2D eigenvalue weighted by molar-refractivity contribution is 5.31. The smallest absolute Gasteiger partial charge is 0.119 e. The average Bonchev–Trinajstić information content (AvgIpc) is 2.46. The van der Waals surface area contributed by atoms with Gasteiger partial charge in [0.2, 0.25) is 0 Å². The number of methoxy groups -OCH3 is 1. The fourth-order valence-corrected chi connectivity index (χ4v) is 1.62. The van der Waals surface area contributed by atoms with Crippen LogP contribution in [0.3, 0.4) is 0 Å². The predicted octanol–water partition coefficient (Wildman–Crippen LogP) is 2.81. The van der Waals surface area contributed by atoms with Gasteiger partial charge in [0, 0.05) is 0 Å². The zero-order valence-electron chi connectivity index (χ0n) is 10.2. The van der Waals surface area contributed by atoms with Gasteiger partial charge in [-0.25, -0.2) is 0 Å². The van der Waals surface area contributed by atoms with Crippen molar-refractivity contribution in [2.45, 2.75) is 6.10 Å². The molecule has 94 valence electrons. The molecule has 0 bridgehead atoms. The van der Waals surface area contributed by atoms with Crippen LogP contribution in [0.1, 0.15) is 11.7 Å². The Labute approximate surface area is 107 Å². The average molecular weight is 244 g/mol. The molecule has 2 rings (SSSR count). The molecule has 0 fully saturated rings. The molecule has 2 aromatic rings. The van der Waals surface area contributed by atoms with Crippen LogP contribution in [-0.2, 0) is 0 Å². The second-order valence-electron chi connectivity index (χ2n) is 3.91. The summed E-state index contributed by atoms with van der Waals surface area (Å²) in [6.45, 7) is 0.232. The van der Waals surface area contributed by atoms with Gasteiger partial charge in [-0.05, 0) is 29.8 Å². The van der Waals surface area contributed by atoms with Gasteiger partial charge in [0.05, 0.1) is 7.11 Å². The monoisotopic (exact) mass is 244 g/mol. The summed E-state index contributed by atoms with van der Waals surface area (Å²) in [5.74, 6) is 1.50. The largest absolute Gasteiger partial charge is 0.497 e. The van der Waals surface area contributed by atoms with E-state index in [1.54, 1.807) is 7.11 Å². The van der Waals surface area contributed by atoms with Crippen LogP contribution in [0, 0.1) is 0 Å². The van der Waals surface area contributed by atoms with Crippen LogP contribution in [0.4, 0.5) is 0 Å². The van der Waals surface area contributed by atoms with E-state index in [-0.39, 0.29) is 6.61 Å². The summed E-state index contributed by atoms with van der Waals surface area (Å²) in [6, 6.07) is 16.7. The Balaban J connectivity index is 1.91. The van der Waals surface area contributed by atoms with Crippen LogP contribution < -0.4 is 9.47 Å². The molecule has 0 aliphatic rings. The van der Waals surface area contributed by atoms with Crippen molar-refractivity contribution in [1.82, 2.24) is 0 Å². The maximum atomic E-state index is 9.93. The molecule has 0 aliphatic heterocycles. The van der Waals surface area contributed by atoms with E-state index in [0.29, 0.717) is 5.75 Å². The summed E-state index contributed by atoms with van der Waals surface area (Å²) in [5.41, 5.74) is 0.853. The van der Waals surface area contributed by atoms with Gasteiger partial charge >= 0.3 is 0 Å². The summed E-state index contributed by atoms with van der Waals surface area (Å²) < 4.78 is 10.6. The first-order valence-corrected chi connectivity index (χ1v) is 5.79. The Kier molecular flexibility index (Phi) is 4.20. The molecular formula is C15H16O3. The lowest BCUT2D eigenvalue weighted by molar-refractivity contribution is 0.108. The zero-order valence-corrected chi connectivity index (χ0v) is 10.2. The van der Waals surface area contributed by atoms with Crippen molar-refractivity contribution < 1.29 is 14.6 Å². The van der Waals surface area contributed by atoms with Gasteiger partial charge in [-0.3, -0.25) is 0 Å². The Morgan fingerprint density at radius 3 is 2.17 bits per heavy atom. The van der Waals surface area contributed by atoms with Crippen molar-refractivity contribution in [3.05, 3.63) is 60.2 Å². The van der Waals surface area contributed by atoms with E-state index in [2.05, 4.69) is 0 Å². The second-order valence-corrected chi connectivity index (χ2v) is 3.91. The molecule has 18 heavy (non-hydrogen) atoms. The van der Waals surface area contributed by atoms with Crippen LogP contribution in [-0.4, -0.2) is 18.8 Å². The standard InChI is InChI=1S/C15H16O3/c1-17-13-7-9-14(10-8-13)18-11-15(16)12-5-3-2-4-6-12/h2-10,15-16H,11H2,1H3. The topological polar surface area (TPSA) is 38.7 Å². The molecule has 1 unspecified atom stereocenters. The summed E-state index contributed by atoms with van der Waals surface area (Å²) in [7, 11) is 1.62. The minimum Gasteiger partial charge on any atom is -0.497 e. The summed E-state index contributed by atoms with van der Waals surface area (Å²) >= 11 is 0. The molecule has 3 nitrogen and oxygen atoms in total. The fourth-order valence-electron chi connectivity index (χ4n) is 1.62. The van der Waals surface area contributed by atoms with E-state index in [1.165, 1.54) is 0 Å². The Hall–Kier alpha value is -2.00. The maximum absolute atomic E-state index is 9.93. The lowest BCUT2D eigenvalue weighted by atomic mass is 10.1. The third kappa shape index (κ3) is 3.25. The molecule has 0 aromatic heterocycles. The van der Waals surface area contributed by atoms with E-state index in [0.717, 1.165) is 11.3 Å². The lowest BCUT2D eigenvalue weighted by Crippen LogP contribution is -2.09. The van der Waals surface area contributed by atoms with Crippen LogP contribution in [0.25, 0.3) is 0 Å². The fraction of sp³-hybridized carbons (Fsp3) is 0.200. The van der Waals surface area contributed by atoms with Crippen LogP contribution in [0.5, 0.6) is 11.5 Å². The highest BCUT2D eigenvalue weighted by Crippen LogP contribution is 2.19. The van der Waals surface area contributed by atoms with Crippen LogP contribution in [0.2, 0.25) is 0 Å². The maximum Gasteiger partial charge on any atom is 0.119 e. The lowest BCUT2D eigenvalue weighted by Gasteiger charge is -2.12. The van der Waals surface area contributed by atoms with Crippen molar-refractivity contribution in [2.24, 2.45) is 0 Å². The number of ether oxygens (including phenoxy) is 2. The van der Waals surface area contributed by atoms with E-state index >= 15 is 0 Å². The van der Waals surface area contributed by atoms with Crippen molar-refractivity contribution in [3.63, 3.8) is 0 Å². The Morgan fingerprint density at radius 1 is 0.944 bits per heavy atom. The molecular weight excluding hydrogens is 228 g/mol. The number of hydrogen-bond acceptors (Lipinski definition) is 3. The normalized spacial score (nSPS) is 11.9. The molecule has 0 saturated heterocycles. The van der Waals surface area contributed by atoms with Crippen LogP contribution in [0.15, 0.2) is 54.6 Å². The molecule has 0 heterocycles. The van der Waals surface area contributed by atoms with Crippen molar-refractivity contribution >= 4 is 0 Å². The first-order valence-electron chi connectivity index (χ1n) is 5.79. The highest BCUT2D eigenvalue weighted by Gasteiger charge is 2.07. The van der Waals surface area contributed by atoms with Gasteiger partial charge in [-0.1, -0.05) is 30.3 Å². The number of aliphatic hydroxyl groups is 1. The molecule has 1 N–H and O–H groups in total. The van der Waals surface area contributed by atoms with E-state index < -0.39 is 6.10 Å². The Morgan fingerprint density at radius 2 is 1.56 bits per heavy atom. The highest BCUT2D eigenvalue weighted by atomic mass is 16.5. The number of benzene rings is 2. The molecule has 0 radical (unpaired) electrons. The van der Waals surface area contributed by atoms with E-state index in [9.17, 15) is 5.11 Å². The minimum atomic E-state index is -0.617. The molecule has 2 aromatic carbocycles. The third-order valence-corrected chi connectivity index (χ3v) is 2.65. The first-order chi connectivity index (χ1) is 8.79. The molecule has 0 aliphatic carbocycles. The second kappa shape index (κ2) is 6.07.